The van der Waals surface area contributed by atoms with Crippen molar-refractivity contribution in [1.29, 1.82) is 0 Å². The third-order valence-corrected chi connectivity index (χ3v) is 1.02. The normalized spacial score (nSPS) is 39.9. The predicted octanol–water partition coefficient (Wildman–Crippen LogP) is 1.04. The van der Waals surface area contributed by atoms with Gasteiger partial charge in [-0.1, -0.05) is 0 Å². The van der Waals surface area contributed by atoms with Crippen LogP contribution in [0.4, 0.5) is 22.0 Å². The van der Waals surface area contributed by atoms with Crippen molar-refractivity contribution in [2.24, 2.45) is 0 Å². The number of rotatable bonds is 1. The zero-order chi connectivity index (χ0) is 9.57. The van der Waals surface area contributed by atoms with E-state index in [1.165, 1.54) is 0 Å². The molecule has 1 rings (SSSR count). The maximum atomic E-state index is 12.3. The van der Waals surface area contributed by atoms with Gasteiger partial charge in [-0.25, -0.2) is 9.13 Å². The Morgan fingerprint density at radius 2 is 1.83 bits per heavy atom. The van der Waals surface area contributed by atoms with Crippen LogP contribution >= 0.6 is 0 Å². The van der Waals surface area contributed by atoms with Crippen molar-refractivity contribution in [3.63, 3.8) is 0 Å². The Bertz CT molecular complexity index is 219. The highest BCUT2D eigenvalue weighted by Crippen LogP contribution is 2.41. The van der Waals surface area contributed by atoms with Gasteiger partial charge in [0, 0.05) is 0 Å². The minimum Gasteiger partial charge on any atom is -0.272 e. The van der Waals surface area contributed by atoms with E-state index in [1.807, 2.05) is 0 Å². The maximum absolute atomic E-state index is 12.3. The van der Waals surface area contributed by atoms with Crippen LogP contribution in [0.25, 0.3) is 0 Å². The van der Waals surface area contributed by atoms with Crippen LogP contribution in [0.3, 0.4) is 0 Å². The number of carbonyl (C=O) groups excluding carboxylic acids is 1. The van der Waals surface area contributed by atoms with Crippen molar-refractivity contribution >= 4 is 6.04 Å². The molecule has 1 saturated heterocycles. The topological polar surface area (TPSA) is 35.5 Å². The van der Waals surface area contributed by atoms with E-state index < -0.39 is 24.5 Å². The molecule has 0 amide bonds. The summed E-state index contributed by atoms with van der Waals surface area (Å²) in [7, 11) is 0. The van der Waals surface area contributed by atoms with Crippen molar-refractivity contribution in [1.82, 2.24) is 0 Å². The lowest BCUT2D eigenvalue weighted by atomic mass is 10.6. The Morgan fingerprint density at radius 3 is 2.00 bits per heavy atom. The smallest absolute Gasteiger partial charge is 0.272 e. The van der Waals surface area contributed by atoms with Crippen LogP contribution in [-0.2, 0) is 14.3 Å². The Hall–Kier alpha value is -0.760. The van der Waals surface area contributed by atoms with Crippen LogP contribution in [0.5, 0.6) is 0 Å². The van der Waals surface area contributed by atoms with Crippen LogP contribution in [0, 0.1) is 0 Å². The van der Waals surface area contributed by atoms with Gasteiger partial charge in [0.05, 0.1) is 0 Å². The lowest BCUT2D eigenvalue weighted by molar-refractivity contribution is -0.309. The van der Waals surface area contributed by atoms with E-state index in [2.05, 4.69) is 9.47 Å². The maximum Gasteiger partial charge on any atom is 0.422 e. The van der Waals surface area contributed by atoms with E-state index in [0.29, 0.717) is 0 Å². The summed E-state index contributed by atoms with van der Waals surface area (Å²) >= 11 is 0. The Morgan fingerprint density at radius 1 is 1.33 bits per heavy atom. The number of halogens is 5. The van der Waals surface area contributed by atoms with E-state index >= 15 is 0 Å². The summed E-state index contributed by atoms with van der Waals surface area (Å²) in [5, 5.41) is 0. The van der Waals surface area contributed by atoms with E-state index in [1.54, 1.807) is 0 Å². The van der Waals surface area contributed by atoms with Gasteiger partial charge >= 0.3 is 18.2 Å². The molecule has 0 saturated carbocycles. The fraction of sp³-hybridized carbons (Fsp3) is 0.750. The van der Waals surface area contributed by atoms with Crippen LogP contribution in [0.1, 0.15) is 0 Å². The first kappa shape index (κ1) is 9.33. The lowest BCUT2D eigenvalue weighted by Crippen LogP contribution is -2.33. The second-order valence-corrected chi connectivity index (χ2v) is 1.91. The third kappa shape index (κ3) is 1.27. The fourth-order valence-electron chi connectivity index (χ4n) is 0.534. The molecule has 0 bridgehead atoms. The molecular weight excluding hydrogens is 191 g/mol. The first-order chi connectivity index (χ1) is 5.28. The number of ether oxygens (including phenoxy) is 2. The summed E-state index contributed by atoms with van der Waals surface area (Å²) in [6.07, 6.45) is -8.15. The van der Waals surface area contributed by atoms with Crippen LogP contribution in [0.2, 0.25) is 0 Å². The van der Waals surface area contributed by atoms with Gasteiger partial charge in [0.1, 0.15) is 0 Å². The summed E-state index contributed by atoms with van der Waals surface area (Å²) in [4.78, 5) is 9.61. The second kappa shape index (κ2) is 2.36. The van der Waals surface area contributed by atoms with E-state index in [0.717, 1.165) is 0 Å². The summed E-state index contributed by atoms with van der Waals surface area (Å²) < 4.78 is 65.3. The number of hydrogen-bond acceptors (Lipinski definition) is 3. The molecule has 0 N–H and O–H groups in total. The predicted molar refractivity (Wildman–Crippen MR) is 22.0 cm³/mol. The summed E-state index contributed by atoms with van der Waals surface area (Å²) in [6, 6.07) is -7.30. The van der Waals surface area contributed by atoms with E-state index in [-0.39, 0.29) is 0 Å². The van der Waals surface area contributed by atoms with Gasteiger partial charge in [0.2, 0.25) is 0 Å². The summed E-state index contributed by atoms with van der Waals surface area (Å²) in [5.41, 5.74) is 0. The quantitative estimate of drug-likeness (QED) is 0.460. The zero-order valence-electron chi connectivity index (χ0n) is 5.19. The van der Waals surface area contributed by atoms with Gasteiger partial charge < -0.3 is 0 Å². The van der Waals surface area contributed by atoms with Gasteiger partial charge in [-0.3, -0.25) is 9.53 Å². The molecule has 0 radical (unpaired) electrons. The van der Waals surface area contributed by atoms with Crippen molar-refractivity contribution in [3.05, 3.63) is 0 Å². The molecule has 1 heterocycles. The van der Waals surface area contributed by atoms with Crippen molar-refractivity contribution in [3.8, 4) is 0 Å². The molecule has 1 aliphatic rings. The molecule has 70 valence electrons. The Labute approximate surface area is 62.0 Å². The van der Waals surface area contributed by atoms with Crippen molar-refractivity contribution in [2.45, 2.75) is 18.5 Å². The third-order valence-electron chi connectivity index (χ3n) is 1.02. The summed E-state index contributed by atoms with van der Waals surface area (Å²) in [6.45, 7) is 0. The molecular formula is C4HF5O3. The second-order valence-electron chi connectivity index (χ2n) is 1.91. The van der Waals surface area contributed by atoms with Gasteiger partial charge in [-0.2, -0.15) is 17.6 Å². The molecule has 1 fully saturated rings. The molecule has 0 spiro atoms. The number of hydrogen-bond donors (Lipinski definition) is 0. The fourth-order valence-corrected chi connectivity index (χ4v) is 0.534. The highest BCUT2D eigenvalue weighted by molar-refractivity contribution is 5.75. The first-order valence-corrected chi connectivity index (χ1v) is 2.57. The molecule has 2 atom stereocenters. The molecule has 8 heteroatoms. The lowest BCUT2D eigenvalue weighted by Gasteiger charge is -2.09. The van der Waals surface area contributed by atoms with Crippen molar-refractivity contribution < 1.29 is 36.2 Å². The van der Waals surface area contributed by atoms with Crippen LogP contribution < -0.4 is 0 Å². The molecule has 0 aromatic carbocycles. The van der Waals surface area contributed by atoms with Gasteiger partial charge in [-0.15, -0.1) is 0 Å². The van der Waals surface area contributed by atoms with Gasteiger partial charge in [0.15, 0.2) is 0 Å². The molecule has 0 aliphatic carbocycles. The number of alkyl halides is 4. The molecule has 3 nitrogen and oxygen atoms in total. The van der Waals surface area contributed by atoms with E-state index in [4.69, 9.17) is 0 Å². The molecule has 1 aliphatic heterocycles. The first-order valence-electron chi connectivity index (χ1n) is 2.57. The van der Waals surface area contributed by atoms with Gasteiger partial charge in [0.25, 0.3) is 6.36 Å². The molecule has 0 aromatic rings. The monoisotopic (exact) mass is 192 g/mol. The van der Waals surface area contributed by atoms with Gasteiger partial charge in [-0.05, 0) is 0 Å². The highest BCUT2D eigenvalue weighted by atomic mass is 19.3. The van der Waals surface area contributed by atoms with Crippen LogP contribution in [0.15, 0.2) is 0 Å². The summed E-state index contributed by atoms with van der Waals surface area (Å²) in [5.74, 6) is 0. The van der Waals surface area contributed by atoms with Crippen molar-refractivity contribution in [2.75, 3.05) is 0 Å². The number of carbonyl (C=O) groups is 1. The zero-order valence-corrected chi connectivity index (χ0v) is 5.19. The minimum absolute atomic E-state index is 2.79. The molecule has 2 unspecified atom stereocenters. The largest absolute Gasteiger partial charge is 0.422 e. The average molecular weight is 192 g/mol. The average Bonchev–Trinajstić information content (AvgIpc) is 2.03. The Kier molecular flexibility index (Phi) is 1.84. The SMILES string of the molecule is O=C(F)C1(F)OC(F)C(F)(F)O1. The molecule has 12 heavy (non-hydrogen) atoms. The van der Waals surface area contributed by atoms with Crippen LogP contribution in [-0.4, -0.2) is 24.5 Å². The highest BCUT2D eigenvalue weighted by Gasteiger charge is 2.65. The standard InChI is InChI=1S/C4HF5O3/c5-1(10)4(9)11-2(6)3(7,8)12-4/h2H. The minimum atomic E-state index is -4.66. The molecule has 0 aromatic heterocycles. The van der Waals surface area contributed by atoms with E-state index in [9.17, 15) is 26.7 Å². The Balaban J connectivity index is 2.85.